The van der Waals surface area contributed by atoms with Gasteiger partial charge in [0, 0.05) is 24.7 Å². The third kappa shape index (κ3) is 3.06. The molecule has 1 aromatic carbocycles. The third-order valence-corrected chi connectivity index (χ3v) is 4.32. The summed E-state index contributed by atoms with van der Waals surface area (Å²) in [7, 11) is 0. The highest BCUT2D eigenvalue weighted by Crippen LogP contribution is 2.27. The van der Waals surface area contributed by atoms with E-state index in [1.165, 1.54) is 6.42 Å². The van der Waals surface area contributed by atoms with Gasteiger partial charge < -0.3 is 4.90 Å². The minimum atomic E-state index is 0.238. The maximum atomic E-state index is 9.25. The second-order valence-electron chi connectivity index (χ2n) is 5.98. The summed E-state index contributed by atoms with van der Waals surface area (Å²) < 4.78 is 0. The zero-order valence-electron chi connectivity index (χ0n) is 13.7. The quantitative estimate of drug-likeness (QED) is 0.793. The lowest BCUT2D eigenvalue weighted by Crippen LogP contribution is -2.30. The van der Waals surface area contributed by atoms with Crippen molar-refractivity contribution in [2.45, 2.75) is 19.3 Å². The van der Waals surface area contributed by atoms with Gasteiger partial charge >= 0.3 is 0 Å². The summed E-state index contributed by atoms with van der Waals surface area (Å²) in [5.41, 5.74) is 2.24. The van der Waals surface area contributed by atoms with E-state index in [0.29, 0.717) is 17.2 Å². The molecule has 2 aromatic heterocycles. The first-order chi connectivity index (χ1) is 12.3. The van der Waals surface area contributed by atoms with Crippen LogP contribution in [0.15, 0.2) is 36.4 Å². The Morgan fingerprint density at radius 1 is 1.00 bits per heavy atom. The van der Waals surface area contributed by atoms with Crippen molar-refractivity contribution in [3.8, 4) is 28.8 Å². The molecule has 0 atom stereocenters. The number of nitriles is 1. The summed E-state index contributed by atoms with van der Waals surface area (Å²) in [6, 6.07) is 13.8. The van der Waals surface area contributed by atoms with Gasteiger partial charge in [0.25, 0.3) is 0 Å². The van der Waals surface area contributed by atoms with E-state index in [1.807, 2.05) is 36.4 Å². The second kappa shape index (κ2) is 6.69. The SMILES string of the molecule is N#Cc1n[nH]nc1-c1cc(N2CCCCC2)nc(-c2ccccc2)n1. The predicted octanol–water partition coefficient (Wildman–Crippen LogP) is 2.79. The molecule has 124 valence electrons. The fourth-order valence-corrected chi connectivity index (χ4v) is 3.04. The van der Waals surface area contributed by atoms with Crippen molar-refractivity contribution < 1.29 is 0 Å². The molecule has 0 saturated carbocycles. The molecule has 0 radical (unpaired) electrons. The number of nitrogens with one attached hydrogen (secondary N) is 1. The molecule has 3 aromatic rings. The lowest BCUT2D eigenvalue weighted by molar-refractivity contribution is 0.573. The van der Waals surface area contributed by atoms with Crippen LogP contribution in [0.1, 0.15) is 25.0 Å². The van der Waals surface area contributed by atoms with Gasteiger partial charge in [0.2, 0.25) is 0 Å². The van der Waals surface area contributed by atoms with Crippen molar-refractivity contribution in [1.82, 2.24) is 25.4 Å². The zero-order chi connectivity index (χ0) is 17.1. The fourth-order valence-electron chi connectivity index (χ4n) is 3.04. The van der Waals surface area contributed by atoms with Crippen LogP contribution in [0.4, 0.5) is 5.82 Å². The smallest absolute Gasteiger partial charge is 0.192 e. The number of nitrogens with zero attached hydrogens (tertiary/aromatic N) is 6. The van der Waals surface area contributed by atoms with Crippen LogP contribution in [0, 0.1) is 11.3 Å². The van der Waals surface area contributed by atoms with Gasteiger partial charge in [0.05, 0.1) is 5.69 Å². The van der Waals surface area contributed by atoms with E-state index in [9.17, 15) is 5.26 Å². The van der Waals surface area contributed by atoms with Gasteiger partial charge in [-0.3, -0.25) is 0 Å². The maximum absolute atomic E-state index is 9.25. The predicted molar refractivity (Wildman–Crippen MR) is 93.6 cm³/mol. The molecule has 7 heteroatoms. The van der Waals surface area contributed by atoms with Crippen molar-refractivity contribution >= 4 is 5.82 Å². The molecule has 0 aliphatic carbocycles. The van der Waals surface area contributed by atoms with Crippen LogP contribution >= 0.6 is 0 Å². The molecular formula is C18H17N7. The Hall–Kier alpha value is -3.27. The van der Waals surface area contributed by atoms with Gasteiger partial charge in [-0.25, -0.2) is 9.97 Å². The number of H-pyrrole nitrogens is 1. The molecule has 0 unspecified atom stereocenters. The van der Waals surface area contributed by atoms with Gasteiger partial charge in [-0.1, -0.05) is 30.3 Å². The van der Waals surface area contributed by atoms with Crippen LogP contribution in [0.3, 0.4) is 0 Å². The van der Waals surface area contributed by atoms with E-state index in [4.69, 9.17) is 4.98 Å². The molecule has 0 amide bonds. The minimum Gasteiger partial charge on any atom is -0.356 e. The Kier molecular flexibility index (Phi) is 4.09. The first-order valence-electron chi connectivity index (χ1n) is 8.36. The topological polar surface area (TPSA) is 94.4 Å². The van der Waals surface area contributed by atoms with E-state index in [2.05, 4.69) is 31.4 Å². The Labute approximate surface area is 145 Å². The van der Waals surface area contributed by atoms with Crippen molar-refractivity contribution in [3.05, 3.63) is 42.1 Å². The molecule has 1 N–H and O–H groups in total. The van der Waals surface area contributed by atoms with Gasteiger partial charge in [0.15, 0.2) is 11.5 Å². The summed E-state index contributed by atoms with van der Waals surface area (Å²) in [5, 5.41) is 19.8. The van der Waals surface area contributed by atoms with E-state index in [-0.39, 0.29) is 5.69 Å². The molecule has 1 aliphatic rings. The first kappa shape index (κ1) is 15.3. The average Bonchev–Trinajstić information content (AvgIpc) is 3.18. The summed E-state index contributed by atoms with van der Waals surface area (Å²) in [6.45, 7) is 1.96. The van der Waals surface area contributed by atoms with Gasteiger partial charge in [-0.15, -0.1) is 5.10 Å². The Bertz CT molecular complexity index is 905. The average molecular weight is 331 g/mol. The third-order valence-electron chi connectivity index (χ3n) is 4.32. The van der Waals surface area contributed by atoms with E-state index in [1.54, 1.807) is 0 Å². The molecule has 0 bridgehead atoms. The molecule has 0 spiro atoms. The molecule has 3 heterocycles. The molecule has 4 rings (SSSR count). The maximum Gasteiger partial charge on any atom is 0.192 e. The number of piperidine rings is 1. The number of aromatic amines is 1. The van der Waals surface area contributed by atoms with Crippen LogP contribution in [0.2, 0.25) is 0 Å². The Morgan fingerprint density at radius 2 is 1.80 bits per heavy atom. The van der Waals surface area contributed by atoms with Crippen LogP contribution in [-0.4, -0.2) is 38.5 Å². The number of rotatable bonds is 3. The van der Waals surface area contributed by atoms with Gasteiger partial charge in [-0.05, 0) is 19.3 Å². The number of aromatic nitrogens is 5. The summed E-state index contributed by atoms with van der Waals surface area (Å²) in [5.74, 6) is 1.50. The highest BCUT2D eigenvalue weighted by atomic mass is 15.3. The lowest BCUT2D eigenvalue weighted by atomic mass is 10.1. The Morgan fingerprint density at radius 3 is 2.56 bits per heavy atom. The second-order valence-corrected chi connectivity index (χ2v) is 5.98. The molecule has 25 heavy (non-hydrogen) atoms. The lowest BCUT2D eigenvalue weighted by Gasteiger charge is -2.28. The zero-order valence-corrected chi connectivity index (χ0v) is 13.7. The van der Waals surface area contributed by atoms with E-state index < -0.39 is 0 Å². The van der Waals surface area contributed by atoms with Gasteiger partial charge in [-0.2, -0.15) is 15.6 Å². The van der Waals surface area contributed by atoms with Crippen LogP contribution in [0.25, 0.3) is 22.8 Å². The Balaban J connectivity index is 1.84. The van der Waals surface area contributed by atoms with Crippen molar-refractivity contribution in [3.63, 3.8) is 0 Å². The number of anilines is 1. The first-order valence-corrected chi connectivity index (χ1v) is 8.36. The highest BCUT2D eigenvalue weighted by molar-refractivity contribution is 5.68. The summed E-state index contributed by atoms with van der Waals surface area (Å²) in [6.07, 6.45) is 3.57. The van der Waals surface area contributed by atoms with E-state index in [0.717, 1.165) is 37.3 Å². The largest absolute Gasteiger partial charge is 0.356 e. The molecule has 1 saturated heterocycles. The summed E-state index contributed by atoms with van der Waals surface area (Å²) >= 11 is 0. The number of benzene rings is 1. The monoisotopic (exact) mass is 331 g/mol. The van der Waals surface area contributed by atoms with Crippen LogP contribution < -0.4 is 4.90 Å². The molecule has 7 nitrogen and oxygen atoms in total. The minimum absolute atomic E-state index is 0.238. The van der Waals surface area contributed by atoms with Crippen LogP contribution in [-0.2, 0) is 0 Å². The van der Waals surface area contributed by atoms with Gasteiger partial charge in [0.1, 0.15) is 17.6 Å². The van der Waals surface area contributed by atoms with Crippen molar-refractivity contribution in [1.29, 1.82) is 5.26 Å². The standard InChI is InChI=1S/C18H17N7/c19-12-15-17(23-24-22-15)14-11-16(25-9-5-2-6-10-25)21-18(20-14)13-7-3-1-4-8-13/h1,3-4,7-8,11H,2,5-6,9-10H2,(H,22,23,24). The molecule has 1 aliphatic heterocycles. The molecule has 1 fully saturated rings. The van der Waals surface area contributed by atoms with E-state index >= 15 is 0 Å². The van der Waals surface area contributed by atoms with Crippen LogP contribution in [0.5, 0.6) is 0 Å². The highest BCUT2D eigenvalue weighted by Gasteiger charge is 2.19. The fraction of sp³-hybridized carbons (Fsp3) is 0.278. The van der Waals surface area contributed by atoms with Crippen molar-refractivity contribution in [2.24, 2.45) is 0 Å². The number of hydrogen-bond acceptors (Lipinski definition) is 6. The molecular weight excluding hydrogens is 314 g/mol. The van der Waals surface area contributed by atoms with Crippen molar-refractivity contribution in [2.75, 3.05) is 18.0 Å². The number of hydrogen-bond donors (Lipinski definition) is 1. The normalized spacial score (nSPS) is 14.3. The summed E-state index contributed by atoms with van der Waals surface area (Å²) in [4.78, 5) is 11.7.